The number of aryl methyl sites for hydroxylation is 1. The number of para-hydroxylation sites is 1. The van der Waals surface area contributed by atoms with Crippen LogP contribution in [0.25, 0.3) is 10.9 Å². The first kappa shape index (κ1) is 17.9. The molecule has 3 aromatic rings. The van der Waals surface area contributed by atoms with E-state index < -0.39 is 12.1 Å². The minimum absolute atomic E-state index is 0.178. The highest BCUT2D eigenvalue weighted by molar-refractivity contribution is 7.13. The highest BCUT2D eigenvalue weighted by atomic mass is 32.1. The lowest BCUT2D eigenvalue weighted by molar-refractivity contribution is 0.0314. The minimum Gasteiger partial charge on any atom is -0.450 e. The van der Waals surface area contributed by atoms with Gasteiger partial charge in [0.25, 0.3) is 0 Å². The van der Waals surface area contributed by atoms with Crippen LogP contribution in [0.3, 0.4) is 0 Å². The number of ketones is 1. The molecule has 0 aliphatic heterocycles. The Balaban J connectivity index is 1.74. The number of benzene rings is 1. The normalized spacial score (nSPS) is 11.9. The minimum atomic E-state index is -0.910. The summed E-state index contributed by atoms with van der Waals surface area (Å²) in [6.07, 6.45) is 0.788. The summed E-state index contributed by atoms with van der Waals surface area (Å²) in [4.78, 5) is 32.4. The second kappa shape index (κ2) is 7.53. The lowest BCUT2D eigenvalue weighted by atomic mass is 10.0. The van der Waals surface area contributed by atoms with Crippen molar-refractivity contribution >= 4 is 39.1 Å². The van der Waals surface area contributed by atoms with Crippen molar-refractivity contribution in [3.8, 4) is 0 Å². The number of fused-ring (bicyclic) bond motifs is 1. The van der Waals surface area contributed by atoms with Crippen LogP contribution in [-0.4, -0.2) is 34.4 Å². The van der Waals surface area contributed by atoms with Crippen LogP contribution in [0.4, 0.5) is 5.13 Å². The second-order valence-electron chi connectivity index (χ2n) is 5.79. The number of hydrogen-bond donors (Lipinski definition) is 2. The molecule has 2 aromatic heterocycles. The Bertz CT molecular complexity index is 973. The quantitative estimate of drug-likeness (QED) is 0.374. The van der Waals surface area contributed by atoms with Gasteiger partial charge in [-0.1, -0.05) is 24.3 Å². The number of nitrogens with one attached hydrogen (secondary N) is 2. The molecule has 0 saturated heterocycles. The van der Waals surface area contributed by atoms with Gasteiger partial charge in [-0.25, -0.2) is 9.78 Å². The van der Waals surface area contributed by atoms with Gasteiger partial charge in [-0.3, -0.25) is 4.79 Å². The molecule has 1 aromatic carbocycles. The number of rotatable bonds is 7. The van der Waals surface area contributed by atoms with E-state index >= 15 is 0 Å². The van der Waals surface area contributed by atoms with Gasteiger partial charge in [-0.15, -0.1) is 17.9 Å². The fourth-order valence-electron chi connectivity index (χ4n) is 2.68. The molecule has 0 aliphatic carbocycles. The smallest absolute Gasteiger partial charge is 0.358 e. The molecule has 0 saturated carbocycles. The maximum atomic E-state index is 12.8. The number of carbonyl (C=O) groups is 2. The molecule has 0 amide bonds. The Morgan fingerprint density at radius 2 is 2.19 bits per heavy atom. The molecule has 0 fully saturated rings. The first-order chi connectivity index (χ1) is 12.5. The van der Waals surface area contributed by atoms with Gasteiger partial charge in [0, 0.05) is 34.1 Å². The SMILES string of the molecule is C=CCNc1nc(C(=O)OC(C)C(=O)c2c(C)[nH]c3ccccc23)cs1. The summed E-state index contributed by atoms with van der Waals surface area (Å²) in [7, 11) is 0. The summed E-state index contributed by atoms with van der Waals surface area (Å²) in [6, 6.07) is 7.55. The predicted molar refractivity (Wildman–Crippen MR) is 103 cm³/mol. The van der Waals surface area contributed by atoms with Crippen molar-refractivity contribution in [2.45, 2.75) is 20.0 Å². The van der Waals surface area contributed by atoms with Crippen molar-refractivity contribution < 1.29 is 14.3 Å². The van der Waals surface area contributed by atoms with Crippen LogP contribution >= 0.6 is 11.3 Å². The molecule has 6 nitrogen and oxygen atoms in total. The number of aromatic amines is 1. The van der Waals surface area contributed by atoms with Gasteiger partial charge >= 0.3 is 5.97 Å². The molecule has 7 heteroatoms. The van der Waals surface area contributed by atoms with Crippen LogP contribution < -0.4 is 5.32 Å². The molecular formula is C19H19N3O3S. The van der Waals surface area contributed by atoms with Gasteiger partial charge in [0.05, 0.1) is 0 Å². The first-order valence-corrected chi connectivity index (χ1v) is 9.02. The average Bonchev–Trinajstić information content (AvgIpc) is 3.22. The fourth-order valence-corrected chi connectivity index (χ4v) is 3.37. The number of nitrogens with zero attached hydrogens (tertiary/aromatic N) is 1. The van der Waals surface area contributed by atoms with E-state index in [1.807, 2.05) is 31.2 Å². The number of hydrogen-bond acceptors (Lipinski definition) is 6. The number of H-pyrrole nitrogens is 1. The number of aromatic nitrogens is 2. The zero-order valence-corrected chi connectivity index (χ0v) is 15.4. The van der Waals surface area contributed by atoms with Gasteiger partial charge in [0.15, 0.2) is 16.9 Å². The Kier molecular flexibility index (Phi) is 5.18. The number of Topliss-reactive ketones (excluding diaryl/α,β-unsaturated/α-hetero) is 1. The largest absolute Gasteiger partial charge is 0.450 e. The zero-order chi connectivity index (χ0) is 18.7. The zero-order valence-electron chi connectivity index (χ0n) is 14.5. The molecule has 0 aliphatic rings. The molecule has 1 atom stereocenters. The van der Waals surface area contributed by atoms with Gasteiger partial charge in [-0.05, 0) is 19.9 Å². The monoisotopic (exact) mass is 369 g/mol. The summed E-state index contributed by atoms with van der Waals surface area (Å²) in [5.74, 6) is -0.861. The number of thiazole rings is 1. The van der Waals surface area contributed by atoms with E-state index in [-0.39, 0.29) is 11.5 Å². The van der Waals surface area contributed by atoms with E-state index in [1.165, 1.54) is 11.3 Å². The lowest BCUT2D eigenvalue weighted by Gasteiger charge is -2.11. The Labute approximate surface area is 154 Å². The van der Waals surface area contributed by atoms with E-state index in [9.17, 15) is 9.59 Å². The van der Waals surface area contributed by atoms with E-state index in [0.29, 0.717) is 17.2 Å². The molecule has 0 radical (unpaired) electrons. The number of anilines is 1. The standard InChI is InChI=1S/C19H19N3O3S/c1-4-9-20-19-22-15(10-26-19)18(24)25-12(3)17(23)16-11(2)21-14-8-6-5-7-13(14)16/h4-8,10,12,21H,1,9H2,2-3H3,(H,20,22). The molecular weight excluding hydrogens is 350 g/mol. The van der Waals surface area contributed by atoms with Gasteiger partial charge in [0.1, 0.15) is 0 Å². The lowest BCUT2D eigenvalue weighted by Crippen LogP contribution is -2.25. The molecule has 1 unspecified atom stereocenters. The van der Waals surface area contributed by atoms with Crippen LogP contribution in [0, 0.1) is 6.92 Å². The molecule has 134 valence electrons. The Hall–Kier alpha value is -2.93. The van der Waals surface area contributed by atoms with Gasteiger partial charge in [-0.2, -0.15) is 0 Å². The summed E-state index contributed by atoms with van der Waals surface area (Å²) >= 11 is 1.29. The van der Waals surface area contributed by atoms with Crippen molar-refractivity contribution in [2.75, 3.05) is 11.9 Å². The third-order valence-electron chi connectivity index (χ3n) is 3.90. The van der Waals surface area contributed by atoms with Crippen molar-refractivity contribution in [3.05, 3.63) is 59.3 Å². The summed E-state index contributed by atoms with van der Waals surface area (Å²) in [5.41, 5.74) is 2.36. The molecule has 2 heterocycles. The number of esters is 1. The van der Waals surface area contributed by atoms with Crippen LogP contribution in [0.1, 0.15) is 33.5 Å². The first-order valence-electron chi connectivity index (χ1n) is 8.14. The third-order valence-corrected chi connectivity index (χ3v) is 4.70. The molecule has 26 heavy (non-hydrogen) atoms. The maximum absolute atomic E-state index is 12.8. The van der Waals surface area contributed by atoms with Crippen LogP contribution in [-0.2, 0) is 4.74 Å². The van der Waals surface area contributed by atoms with Crippen LogP contribution in [0.15, 0.2) is 42.3 Å². The van der Waals surface area contributed by atoms with Gasteiger partial charge in [0.2, 0.25) is 5.78 Å². The number of carbonyl (C=O) groups excluding carboxylic acids is 2. The van der Waals surface area contributed by atoms with Crippen molar-refractivity contribution in [3.63, 3.8) is 0 Å². The Morgan fingerprint density at radius 1 is 1.42 bits per heavy atom. The van der Waals surface area contributed by atoms with E-state index in [4.69, 9.17) is 4.74 Å². The topological polar surface area (TPSA) is 84.1 Å². The van der Waals surface area contributed by atoms with Crippen LogP contribution in [0.2, 0.25) is 0 Å². The van der Waals surface area contributed by atoms with E-state index in [2.05, 4.69) is 21.9 Å². The van der Waals surface area contributed by atoms with Crippen LogP contribution in [0.5, 0.6) is 0 Å². The third kappa shape index (κ3) is 3.52. The molecule has 2 N–H and O–H groups in total. The predicted octanol–water partition coefficient (Wildman–Crippen LogP) is 3.96. The van der Waals surface area contributed by atoms with Crippen molar-refractivity contribution in [1.82, 2.24) is 9.97 Å². The number of ether oxygens (including phenoxy) is 1. The maximum Gasteiger partial charge on any atom is 0.358 e. The summed E-state index contributed by atoms with van der Waals surface area (Å²) in [5, 5.41) is 6.03. The van der Waals surface area contributed by atoms with E-state index in [0.717, 1.165) is 16.6 Å². The fraction of sp³-hybridized carbons (Fsp3) is 0.211. The van der Waals surface area contributed by atoms with Crippen molar-refractivity contribution in [1.29, 1.82) is 0 Å². The molecule has 0 spiro atoms. The van der Waals surface area contributed by atoms with Crippen molar-refractivity contribution in [2.24, 2.45) is 0 Å². The second-order valence-corrected chi connectivity index (χ2v) is 6.65. The average molecular weight is 369 g/mol. The Morgan fingerprint density at radius 3 is 2.96 bits per heavy atom. The highest BCUT2D eigenvalue weighted by Crippen LogP contribution is 2.24. The van der Waals surface area contributed by atoms with Gasteiger partial charge < -0.3 is 15.0 Å². The van der Waals surface area contributed by atoms with E-state index in [1.54, 1.807) is 18.4 Å². The summed E-state index contributed by atoms with van der Waals surface area (Å²) < 4.78 is 5.34. The highest BCUT2D eigenvalue weighted by Gasteiger charge is 2.25. The molecule has 0 bridgehead atoms. The molecule has 3 rings (SSSR count). The summed E-state index contributed by atoms with van der Waals surface area (Å²) in [6.45, 7) is 7.57.